The van der Waals surface area contributed by atoms with Crippen LogP contribution in [0.1, 0.15) is 11.3 Å². The fraction of sp³-hybridized carbons (Fsp3) is 0.444. The molecule has 0 saturated carbocycles. The molecule has 0 aliphatic carbocycles. The maximum absolute atomic E-state index is 9.51. The molecule has 0 unspecified atom stereocenters. The second kappa shape index (κ2) is 4.79. The van der Waals surface area contributed by atoms with E-state index in [4.69, 9.17) is 9.47 Å². The van der Waals surface area contributed by atoms with Crippen LogP contribution in [-0.2, 0) is 16.1 Å². The Morgan fingerprint density at radius 1 is 1.54 bits per heavy atom. The Labute approximate surface area is 77.1 Å². The second-order valence-electron chi connectivity index (χ2n) is 2.68. The minimum absolute atomic E-state index is 0.193. The van der Waals surface area contributed by atoms with Gasteiger partial charge in [-0.15, -0.1) is 0 Å². The van der Waals surface area contributed by atoms with Gasteiger partial charge in [0.25, 0.3) is 0 Å². The largest absolute Gasteiger partial charge is 0.506 e. The quantitative estimate of drug-likeness (QED) is 0.563. The maximum Gasteiger partial charge on any atom is 0.146 e. The normalized spacial score (nSPS) is 10.3. The molecule has 4 heteroatoms. The summed E-state index contributed by atoms with van der Waals surface area (Å²) in [5, 5.41) is 9.51. The maximum atomic E-state index is 9.51. The van der Waals surface area contributed by atoms with Crippen molar-refractivity contribution in [2.24, 2.45) is 0 Å². The van der Waals surface area contributed by atoms with Crippen LogP contribution in [0.25, 0.3) is 0 Å². The molecule has 0 aliphatic rings. The highest BCUT2D eigenvalue weighted by atomic mass is 16.7. The molecule has 0 spiro atoms. The lowest BCUT2D eigenvalue weighted by Gasteiger charge is -2.05. The average molecular weight is 183 g/mol. The van der Waals surface area contributed by atoms with Crippen LogP contribution in [0.2, 0.25) is 0 Å². The first-order valence-electron chi connectivity index (χ1n) is 3.96. The average Bonchev–Trinajstić information content (AvgIpc) is 2.13. The summed E-state index contributed by atoms with van der Waals surface area (Å²) in [6.45, 7) is 2.28. The number of hydrogen-bond donors (Lipinski definition) is 1. The topological polar surface area (TPSA) is 51.6 Å². The molecule has 13 heavy (non-hydrogen) atoms. The van der Waals surface area contributed by atoms with Crippen molar-refractivity contribution >= 4 is 0 Å². The second-order valence-corrected chi connectivity index (χ2v) is 2.68. The number of methoxy groups -OCH3 is 1. The third-order valence-corrected chi connectivity index (χ3v) is 1.64. The zero-order chi connectivity index (χ0) is 9.68. The number of ether oxygens (including phenoxy) is 2. The first-order chi connectivity index (χ1) is 6.25. The number of aromatic nitrogens is 1. The van der Waals surface area contributed by atoms with E-state index in [0.717, 1.165) is 5.56 Å². The zero-order valence-electron chi connectivity index (χ0n) is 7.78. The van der Waals surface area contributed by atoms with Crippen LogP contribution in [0.3, 0.4) is 0 Å². The zero-order valence-corrected chi connectivity index (χ0v) is 7.78. The Morgan fingerprint density at radius 3 is 3.00 bits per heavy atom. The highest BCUT2D eigenvalue weighted by Crippen LogP contribution is 2.19. The molecule has 0 amide bonds. The summed E-state index contributed by atoms with van der Waals surface area (Å²) in [6, 6.07) is 1.75. The van der Waals surface area contributed by atoms with E-state index in [0.29, 0.717) is 5.69 Å². The first-order valence-corrected chi connectivity index (χ1v) is 3.96. The summed E-state index contributed by atoms with van der Waals surface area (Å²) >= 11 is 0. The van der Waals surface area contributed by atoms with Gasteiger partial charge in [0.15, 0.2) is 0 Å². The van der Waals surface area contributed by atoms with Crippen molar-refractivity contribution < 1.29 is 14.6 Å². The number of aromatic hydroxyl groups is 1. The van der Waals surface area contributed by atoms with Crippen molar-refractivity contribution in [2.75, 3.05) is 13.9 Å². The van der Waals surface area contributed by atoms with Crippen molar-refractivity contribution in [2.45, 2.75) is 13.5 Å². The van der Waals surface area contributed by atoms with E-state index in [1.807, 2.05) is 6.92 Å². The monoisotopic (exact) mass is 183 g/mol. The molecule has 4 nitrogen and oxygen atoms in total. The number of nitrogens with zero attached hydrogens (tertiary/aromatic N) is 1. The van der Waals surface area contributed by atoms with Gasteiger partial charge in [-0.3, -0.25) is 4.98 Å². The Morgan fingerprint density at radius 2 is 2.31 bits per heavy atom. The Bertz CT molecular complexity index is 276. The standard InChI is InChI=1S/C9H13NO3/c1-7-3-4-10-8(9(7)11)5-13-6-12-2/h3-4,11H,5-6H2,1-2H3. The Kier molecular flexibility index (Phi) is 3.67. The first kappa shape index (κ1) is 9.95. The van der Waals surface area contributed by atoms with Gasteiger partial charge in [-0.25, -0.2) is 0 Å². The highest BCUT2D eigenvalue weighted by molar-refractivity contribution is 5.33. The Hall–Kier alpha value is -1.13. The number of rotatable bonds is 4. The summed E-state index contributed by atoms with van der Waals surface area (Å²) in [5.74, 6) is 0.193. The number of pyridine rings is 1. The van der Waals surface area contributed by atoms with E-state index in [-0.39, 0.29) is 19.1 Å². The van der Waals surface area contributed by atoms with Gasteiger partial charge in [0.2, 0.25) is 0 Å². The third kappa shape index (κ3) is 2.68. The minimum atomic E-state index is 0.193. The smallest absolute Gasteiger partial charge is 0.146 e. The summed E-state index contributed by atoms with van der Waals surface area (Å²) in [6.07, 6.45) is 1.64. The predicted molar refractivity (Wildman–Crippen MR) is 47.3 cm³/mol. The molecular formula is C9H13NO3. The highest BCUT2D eigenvalue weighted by Gasteiger charge is 2.04. The van der Waals surface area contributed by atoms with Crippen molar-refractivity contribution in [3.63, 3.8) is 0 Å². The third-order valence-electron chi connectivity index (χ3n) is 1.64. The van der Waals surface area contributed by atoms with Crippen molar-refractivity contribution in [1.29, 1.82) is 0 Å². The van der Waals surface area contributed by atoms with Gasteiger partial charge in [0, 0.05) is 13.3 Å². The fourth-order valence-corrected chi connectivity index (χ4v) is 0.934. The number of hydrogen-bond acceptors (Lipinski definition) is 4. The molecule has 0 atom stereocenters. The van der Waals surface area contributed by atoms with Crippen LogP contribution >= 0.6 is 0 Å². The Balaban J connectivity index is 2.61. The molecule has 0 fully saturated rings. The molecule has 0 saturated heterocycles. The SMILES string of the molecule is COCOCc1nccc(C)c1O. The van der Waals surface area contributed by atoms with E-state index >= 15 is 0 Å². The van der Waals surface area contributed by atoms with Crippen molar-refractivity contribution in [1.82, 2.24) is 4.98 Å². The van der Waals surface area contributed by atoms with Gasteiger partial charge in [-0.1, -0.05) is 0 Å². The van der Waals surface area contributed by atoms with Gasteiger partial charge in [-0.05, 0) is 18.6 Å². The van der Waals surface area contributed by atoms with E-state index in [2.05, 4.69) is 4.98 Å². The van der Waals surface area contributed by atoms with Crippen LogP contribution < -0.4 is 0 Å². The van der Waals surface area contributed by atoms with E-state index in [1.165, 1.54) is 0 Å². The van der Waals surface area contributed by atoms with Crippen molar-refractivity contribution in [3.05, 3.63) is 23.5 Å². The molecule has 1 N–H and O–H groups in total. The molecule has 0 aliphatic heterocycles. The van der Waals surface area contributed by atoms with Crippen LogP contribution in [0, 0.1) is 6.92 Å². The molecule has 1 rings (SSSR count). The molecule has 1 heterocycles. The summed E-state index contributed by atoms with van der Waals surface area (Å²) < 4.78 is 9.76. The summed E-state index contributed by atoms with van der Waals surface area (Å²) in [4.78, 5) is 3.98. The van der Waals surface area contributed by atoms with Gasteiger partial charge in [-0.2, -0.15) is 0 Å². The van der Waals surface area contributed by atoms with Gasteiger partial charge in [0.05, 0.1) is 6.61 Å². The molecule has 1 aromatic heterocycles. The molecule has 72 valence electrons. The minimum Gasteiger partial charge on any atom is -0.506 e. The summed E-state index contributed by atoms with van der Waals surface area (Å²) in [7, 11) is 1.55. The molecular weight excluding hydrogens is 170 g/mol. The predicted octanol–water partition coefficient (Wildman–Crippen LogP) is 1.22. The van der Waals surface area contributed by atoms with Crippen molar-refractivity contribution in [3.8, 4) is 5.75 Å². The summed E-state index contributed by atoms with van der Waals surface area (Å²) in [5.41, 5.74) is 1.34. The van der Waals surface area contributed by atoms with E-state index in [1.54, 1.807) is 19.4 Å². The fourth-order valence-electron chi connectivity index (χ4n) is 0.934. The van der Waals surface area contributed by atoms with Crippen LogP contribution in [0.15, 0.2) is 12.3 Å². The lowest BCUT2D eigenvalue weighted by Crippen LogP contribution is -1.99. The van der Waals surface area contributed by atoms with Crippen LogP contribution in [0.4, 0.5) is 0 Å². The lowest BCUT2D eigenvalue weighted by molar-refractivity contribution is -0.0405. The van der Waals surface area contributed by atoms with Gasteiger partial charge >= 0.3 is 0 Å². The molecule has 0 bridgehead atoms. The van der Waals surface area contributed by atoms with Gasteiger partial charge < -0.3 is 14.6 Å². The van der Waals surface area contributed by atoms with E-state index in [9.17, 15) is 5.11 Å². The lowest BCUT2D eigenvalue weighted by atomic mass is 10.2. The molecule has 0 aromatic carbocycles. The van der Waals surface area contributed by atoms with E-state index < -0.39 is 0 Å². The number of aryl methyl sites for hydroxylation is 1. The molecule has 1 aromatic rings. The van der Waals surface area contributed by atoms with Gasteiger partial charge in [0.1, 0.15) is 18.2 Å². The van der Waals surface area contributed by atoms with Crippen LogP contribution in [0.5, 0.6) is 5.75 Å². The van der Waals surface area contributed by atoms with Crippen LogP contribution in [-0.4, -0.2) is 24.0 Å². The molecule has 0 radical (unpaired) electrons.